The molecule has 8 heteroatoms. The molecule has 0 fully saturated rings. The summed E-state index contributed by atoms with van der Waals surface area (Å²) in [4.78, 5) is 22.8. The van der Waals surface area contributed by atoms with Crippen LogP contribution in [-0.2, 0) is 16.0 Å². The highest BCUT2D eigenvalue weighted by molar-refractivity contribution is 5.79. The highest BCUT2D eigenvalue weighted by atomic mass is 16.6. The maximum atomic E-state index is 11.6. The average Bonchev–Trinajstić information content (AvgIpc) is 2.37. The second kappa shape index (κ2) is 7.58. The number of aryl methyl sites for hydroxylation is 1. The van der Waals surface area contributed by atoms with Crippen molar-refractivity contribution in [2.75, 3.05) is 5.73 Å². The quantitative estimate of drug-likeness (QED) is 0.723. The van der Waals surface area contributed by atoms with E-state index in [2.05, 4.69) is 15.5 Å². The maximum Gasteiger partial charge on any atom is 0.408 e. The van der Waals surface area contributed by atoms with Crippen molar-refractivity contribution >= 4 is 17.9 Å². The van der Waals surface area contributed by atoms with E-state index in [0.29, 0.717) is 18.7 Å². The fourth-order valence-corrected chi connectivity index (χ4v) is 1.78. The third kappa shape index (κ3) is 6.38. The summed E-state index contributed by atoms with van der Waals surface area (Å²) in [7, 11) is 0. The van der Waals surface area contributed by atoms with E-state index >= 15 is 0 Å². The van der Waals surface area contributed by atoms with Gasteiger partial charge in [-0.1, -0.05) is 0 Å². The minimum absolute atomic E-state index is 0.260. The van der Waals surface area contributed by atoms with Gasteiger partial charge in [-0.05, 0) is 51.7 Å². The second-order valence-corrected chi connectivity index (χ2v) is 5.87. The summed E-state index contributed by atoms with van der Waals surface area (Å²) in [5.74, 6) is -0.777. The topological polar surface area (TPSA) is 127 Å². The molecule has 0 aromatic carbocycles. The number of hydrogen-bond acceptors (Lipinski definition) is 6. The van der Waals surface area contributed by atoms with Gasteiger partial charge < -0.3 is 20.9 Å². The minimum atomic E-state index is -1.10. The number of amides is 1. The molecule has 0 radical (unpaired) electrons. The van der Waals surface area contributed by atoms with Crippen LogP contribution in [0.15, 0.2) is 12.3 Å². The van der Waals surface area contributed by atoms with Crippen molar-refractivity contribution in [2.45, 2.75) is 51.7 Å². The van der Waals surface area contributed by atoms with Crippen molar-refractivity contribution in [1.29, 1.82) is 0 Å². The number of aromatic nitrogens is 2. The Hall–Kier alpha value is -2.38. The summed E-state index contributed by atoms with van der Waals surface area (Å²) in [5.41, 5.74) is 5.79. The molecule has 0 saturated heterocycles. The van der Waals surface area contributed by atoms with Crippen LogP contribution in [0.3, 0.4) is 0 Å². The van der Waals surface area contributed by atoms with Crippen LogP contribution >= 0.6 is 0 Å². The van der Waals surface area contributed by atoms with E-state index in [9.17, 15) is 9.59 Å². The van der Waals surface area contributed by atoms with Gasteiger partial charge in [0.15, 0.2) is 0 Å². The third-order valence-corrected chi connectivity index (χ3v) is 2.76. The van der Waals surface area contributed by atoms with E-state index < -0.39 is 23.7 Å². The molecule has 122 valence electrons. The second-order valence-electron chi connectivity index (χ2n) is 5.87. The molecule has 0 spiro atoms. The van der Waals surface area contributed by atoms with Crippen LogP contribution in [0.4, 0.5) is 10.6 Å². The number of rotatable bonds is 6. The fraction of sp³-hybridized carbons (Fsp3) is 0.571. The monoisotopic (exact) mass is 310 g/mol. The molecular formula is C14H22N4O4. The lowest BCUT2D eigenvalue weighted by Gasteiger charge is -2.22. The van der Waals surface area contributed by atoms with Crippen molar-refractivity contribution in [2.24, 2.45) is 0 Å². The molecule has 0 unspecified atom stereocenters. The van der Waals surface area contributed by atoms with Crippen molar-refractivity contribution in [3.8, 4) is 0 Å². The summed E-state index contributed by atoms with van der Waals surface area (Å²) in [6.45, 7) is 5.13. The Morgan fingerprint density at radius 3 is 2.68 bits per heavy atom. The van der Waals surface area contributed by atoms with Gasteiger partial charge >= 0.3 is 12.1 Å². The van der Waals surface area contributed by atoms with Gasteiger partial charge in [-0.3, -0.25) is 0 Å². The lowest BCUT2D eigenvalue weighted by molar-refractivity contribution is -0.139. The Labute approximate surface area is 129 Å². The molecule has 8 nitrogen and oxygen atoms in total. The van der Waals surface area contributed by atoms with Crippen molar-refractivity contribution in [3.63, 3.8) is 0 Å². The minimum Gasteiger partial charge on any atom is -0.480 e. The number of nitrogens with one attached hydrogen (secondary N) is 1. The van der Waals surface area contributed by atoms with Gasteiger partial charge in [0.25, 0.3) is 0 Å². The first-order valence-electron chi connectivity index (χ1n) is 6.97. The van der Waals surface area contributed by atoms with E-state index in [4.69, 9.17) is 15.6 Å². The molecule has 0 aliphatic carbocycles. The number of carbonyl (C=O) groups excluding carboxylic acids is 1. The van der Waals surface area contributed by atoms with Gasteiger partial charge in [-0.25, -0.2) is 9.59 Å². The zero-order valence-electron chi connectivity index (χ0n) is 13.0. The molecule has 0 aliphatic rings. The predicted octanol–water partition coefficient (Wildman–Crippen LogP) is 1.36. The van der Waals surface area contributed by atoms with Gasteiger partial charge in [0.05, 0.1) is 6.20 Å². The summed E-state index contributed by atoms with van der Waals surface area (Å²) < 4.78 is 5.05. The highest BCUT2D eigenvalue weighted by Gasteiger charge is 2.23. The number of carbonyl (C=O) groups is 2. The van der Waals surface area contributed by atoms with Gasteiger partial charge in [0, 0.05) is 0 Å². The van der Waals surface area contributed by atoms with Crippen molar-refractivity contribution < 1.29 is 19.4 Å². The van der Waals surface area contributed by atoms with Gasteiger partial charge in [-0.15, -0.1) is 5.10 Å². The number of ether oxygens (including phenoxy) is 1. The van der Waals surface area contributed by atoms with Crippen LogP contribution in [0.25, 0.3) is 0 Å². The molecule has 1 rings (SSSR count). The van der Waals surface area contributed by atoms with E-state index in [1.165, 1.54) is 6.20 Å². The third-order valence-electron chi connectivity index (χ3n) is 2.76. The Bertz CT molecular complexity index is 528. The van der Waals surface area contributed by atoms with Crippen LogP contribution in [0, 0.1) is 0 Å². The number of alkyl carbamates (subject to hydrolysis) is 1. The molecule has 22 heavy (non-hydrogen) atoms. The molecule has 0 saturated carbocycles. The van der Waals surface area contributed by atoms with Crippen LogP contribution in [-0.4, -0.2) is 39.0 Å². The van der Waals surface area contributed by atoms with E-state index in [1.807, 2.05) is 0 Å². The largest absolute Gasteiger partial charge is 0.480 e. The van der Waals surface area contributed by atoms with Crippen molar-refractivity contribution in [1.82, 2.24) is 15.5 Å². The summed E-state index contributed by atoms with van der Waals surface area (Å²) in [6.07, 6.45) is 2.13. The zero-order chi connectivity index (χ0) is 16.8. The molecule has 1 aromatic heterocycles. The lowest BCUT2D eigenvalue weighted by atomic mass is 10.1. The molecule has 4 N–H and O–H groups in total. The first-order valence-corrected chi connectivity index (χ1v) is 6.97. The highest BCUT2D eigenvalue weighted by Crippen LogP contribution is 2.12. The first kappa shape index (κ1) is 17.7. The van der Waals surface area contributed by atoms with Gasteiger partial charge in [0.1, 0.15) is 17.5 Å². The maximum absolute atomic E-state index is 11.6. The fourth-order valence-electron chi connectivity index (χ4n) is 1.78. The van der Waals surface area contributed by atoms with Crippen LogP contribution in [0.2, 0.25) is 0 Å². The van der Waals surface area contributed by atoms with E-state index in [1.54, 1.807) is 26.8 Å². The molecule has 1 heterocycles. The number of nitrogens with zero attached hydrogens (tertiary/aromatic N) is 2. The molecule has 1 atom stereocenters. The van der Waals surface area contributed by atoms with Crippen LogP contribution in [0.5, 0.6) is 0 Å². The number of hydrogen-bond donors (Lipinski definition) is 3. The predicted molar refractivity (Wildman–Crippen MR) is 80.2 cm³/mol. The van der Waals surface area contributed by atoms with E-state index in [-0.39, 0.29) is 6.42 Å². The number of anilines is 1. The number of carboxylic acid groups (broad SMARTS) is 1. The average molecular weight is 310 g/mol. The number of carboxylic acids is 1. The molecular weight excluding hydrogens is 288 g/mol. The lowest BCUT2D eigenvalue weighted by Crippen LogP contribution is -2.43. The van der Waals surface area contributed by atoms with Crippen molar-refractivity contribution in [3.05, 3.63) is 17.8 Å². The molecule has 1 aromatic rings. The van der Waals surface area contributed by atoms with Gasteiger partial charge in [0.2, 0.25) is 0 Å². The molecule has 0 aliphatic heterocycles. The SMILES string of the molecule is CC(C)(C)OC(=O)N[C@@H](CCCc1ccnnc1N)C(=O)O. The van der Waals surface area contributed by atoms with Gasteiger partial charge in [-0.2, -0.15) is 5.10 Å². The summed E-state index contributed by atoms with van der Waals surface area (Å²) in [6, 6.07) is 0.727. The standard InChI is InChI=1S/C14H22N4O4/c1-14(2,3)22-13(21)17-10(12(19)20)6-4-5-9-7-8-16-18-11(9)15/h7-8,10H,4-6H2,1-3H3,(H2,15,18)(H,17,21)(H,19,20)/t10-/m0/s1. The zero-order valence-corrected chi connectivity index (χ0v) is 13.0. The number of nitrogens with two attached hydrogens (primary N) is 1. The Kier molecular flexibility index (Phi) is 6.09. The summed E-state index contributed by atoms with van der Waals surface area (Å²) >= 11 is 0. The van der Waals surface area contributed by atoms with E-state index in [0.717, 1.165) is 5.56 Å². The van der Waals surface area contributed by atoms with Crippen LogP contribution < -0.4 is 11.1 Å². The molecule has 1 amide bonds. The molecule has 0 bridgehead atoms. The smallest absolute Gasteiger partial charge is 0.408 e. The number of nitrogen functional groups attached to an aromatic ring is 1. The number of aliphatic carboxylic acids is 1. The Balaban J connectivity index is 2.50. The Morgan fingerprint density at radius 2 is 2.14 bits per heavy atom. The van der Waals surface area contributed by atoms with Crippen LogP contribution in [0.1, 0.15) is 39.2 Å². The first-order chi connectivity index (χ1) is 10.2. The normalized spacial score (nSPS) is 12.5. The Morgan fingerprint density at radius 1 is 1.45 bits per heavy atom. The summed E-state index contributed by atoms with van der Waals surface area (Å²) in [5, 5.41) is 18.9.